The molecule has 1 aliphatic heterocycles. The molecule has 2 heterocycles. The van der Waals surface area contributed by atoms with Crippen LogP contribution in [-0.4, -0.2) is 29.9 Å². The fourth-order valence-corrected chi connectivity index (χ4v) is 1.98. The van der Waals surface area contributed by atoms with E-state index in [1.54, 1.807) is 6.20 Å². The average Bonchev–Trinajstić information content (AvgIpc) is 2.22. The van der Waals surface area contributed by atoms with Crippen molar-refractivity contribution in [2.24, 2.45) is 0 Å². The predicted octanol–water partition coefficient (Wildman–Crippen LogP) is 2.59. The first kappa shape index (κ1) is 14.3. The van der Waals surface area contributed by atoms with Gasteiger partial charge in [0.1, 0.15) is 11.1 Å². The van der Waals surface area contributed by atoms with Gasteiger partial charge in [0.15, 0.2) is 0 Å². The van der Waals surface area contributed by atoms with Crippen LogP contribution in [0.3, 0.4) is 0 Å². The van der Waals surface area contributed by atoms with Gasteiger partial charge in [-0.1, -0.05) is 0 Å². The maximum Gasteiger partial charge on any atom is 0.408 e. The van der Waals surface area contributed by atoms with E-state index in [0.29, 0.717) is 13.2 Å². The molecule has 0 radical (unpaired) electrons. The number of hydrogen-bond acceptors (Lipinski definition) is 4. The zero-order valence-electron chi connectivity index (χ0n) is 11.2. The lowest BCUT2D eigenvalue weighted by molar-refractivity contribution is -0.0818. The Morgan fingerprint density at radius 1 is 1.47 bits per heavy atom. The Labute approximate surface area is 120 Å². The normalized spacial score (nSPS) is 17.5. The third kappa shape index (κ3) is 3.45. The van der Waals surface area contributed by atoms with Crippen LogP contribution in [0.5, 0.6) is 0 Å². The van der Waals surface area contributed by atoms with Crippen molar-refractivity contribution in [3.63, 3.8) is 0 Å². The van der Waals surface area contributed by atoms with Crippen LogP contribution in [0, 0.1) is 0 Å². The van der Waals surface area contributed by atoms with Crippen molar-refractivity contribution >= 4 is 22.0 Å². The molecule has 1 saturated heterocycles. The SMILES string of the molecule is CC(C)(C)OC(=O)NC1(c2ccc(Br)cn2)COC1. The van der Waals surface area contributed by atoms with Gasteiger partial charge in [-0.2, -0.15) is 0 Å². The molecule has 1 aromatic heterocycles. The molecule has 5 nitrogen and oxygen atoms in total. The number of nitrogens with zero attached hydrogens (tertiary/aromatic N) is 1. The Kier molecular flexibility index (Phi) is 3.82. The van der Waals surface area contributed by atoms with Gasteiger partial charge < -0.3 is 14.8 Å². The molecule has 19 heavy (non-hydrogen) atoms. The van der Waals surface area contributed by atoms with Gasteiger partial charge in [-0.25, -0.2) is 4.79 Å². The zero-order chi connectivity index (χ0) is 14.1. The van der Waals surface area contributed by atoms with Crippen molar-refractivity contribution in [3.05, 3.63) is 28.5 Å². The molecule has 1 amide bonds. The van der Waals surface area contributed by atoms with Crippen LogP contribution in [0.15, 0.2) is 22.8 Å². The molecule has 0 atom stereocenters. The summed E-state index contributed by atoms with van der Waals surface area (Å²) in [5.41, 5.74) is -0.334. The number of aromatic nitrogens is 1. The van der Waals surface area contributed by atoms with Crippen LogP contribution in [-0.2, 0) is 15.0 Å². The molecule has 104 valence electrons. The van der Waals surface area contributed by atoms with Crippen molar-refractivity contribution in [2.75, 3.05) is 13.2 Å². The molecule has 2 rings (SSSR count). The van der Waals surface area contributed by atoms with Gasteiger partial charge in [-0.3, -0.25) is 4.98 Å². The van der Waals surface area contributed by atoms with E-state index in [2.05, 4.69) is 26.2 Å². The van der Waals surface area contributed by atoms with Gasteiger partial charge in [0.25, 0.3) is 0 Å². The topological polar surface area (TPSA) is 60.5 Å². The fourth-order valence-electron chi connectivity index (χ4n) is 1.75. The summed E-state index contributed by atoms with van der Waals surface area (Å²) in [6, 6.07) is 3.75. The van der Waals surface area contributed by atoms with Gasteiger partial charge in [-0.05, 0) is 48.8 Å². The van der Waals surface area contributed by atoms with Crippen molar-refractivity contribution < 1.29 is 14.3 Å². The molecule has 0 aromatic carbocycles. The van der Waals surface area contributed by atoms with E-state index in [-0.39, 0.29) is 0 Å². The van der Waals surface area contributed by atoms with Gasteiger partial charge in [0.2, 0.25) is 0 Å². The fraction of sp³-hybridized carbons (Fsp3) is 0.538. The van der Waals surface area contributed by atoms with Gasteiger partial charge in [0, 0.05) is 10.7 Å². The third-order valence-corrected chi connectivity index (χ3v) is 3.12. The second kappa shape index (κ2) is 5.09. The first-order valence-corrected chi connectivity index (χ1v) is 6.81. The van der Waals surface area contributed by atoms with Crippen LogP contribution in [0.25, 0.3) is 0 Å². The van der Waals surface area contributed by atoms with Crippen LogP contribution in [0.1, 0.15) is 26.5 Å². The smallest absolute Gasteiger partial charge is 0.408 e. The molecule has 1 aliphatic rings. The Hall–Kier alpha value is -1.14. The summed E-state index contributed by atoms with van der Waals surface area (Å²) < 4.78 is 11.4. The lowest BCUT2D eigenvalue weighted by atomic mass is 9.92. The minimum atomic E-state index is -0.580. The number of carbonyl (C=O) groups excluding carboxylic acids is 1. The summed E-state index contributed by atoms with van der Waals surface area (Å²) in [4.78, 5) is 16.2. The number of carbonyl (C=O) groups is 1. The molecule has 0 unspecified atom stereocenters. The highest BCUT2D eigenvalue weighted by atomic mass is 79.9. The van der Waals surface area contributed by atoms with Crippen molar-refractivity contribution in [1.82, 2.24) is 10.3 Å². The van der Waals surface area contributed by atoms with Gasteiger partial charge in [0.05, 0.1) is 18.9 Å². The number of halogens is 1. The summed E-state index contributed by atoms with van der Waals surface area (Å²) in [6.07, 6.45) is 1.24. The second-order valence-electron chi connectivity index (χ2n) is 5.56. The highest BCUT2D eigenvalue weighted by molar-refractivity contribution is 9.10. The van der Waals surface area contributed by atoms with Crippen LogP contribution >= 0.6 is 15.9 Å². The standard InChI is InChI=1S/C13H17BrN2O3/c1-12(2,3)19-11(17)16-13(7-18-8-13)10-5-4-9(14)6-15-10/h4-6H,7-8H2,1-3H3,(H,16,17). The quantitative estimate of drug-likeness (QED) is 0.906. The van der Waals surface area contributed by atoms with E-state index in [9.17, 15) is 4.79 Å². The summed E-state index contributed by atoms with van der Waals surface area (Å²) in [5, 5.41) is 2.86. The van der Waals surface area contributed by atoms with E-state index in [4.69, 9.17) is 9.47 Å². The van der Waals surface area contributed by atoms with Gasteiger partial charge >= 0.3 is 6.09 Å². The van der Waals surface area contributed by atoms with Crippen LogP contribution in [0.4, 0.5) is 4.79 Å². The van der Waals surface area contributed by atoms with E-state index < -0.39 is 17.2 Å². The molecule has 0 spiro atoms. The summed E-state index contributed by atoms with van der Waals surface area (Å²) >= 11 is 3.34. The largest absolute Gasteiger partial charge is 0.444 e. The number of rotatable bonds is 2. The lowest BCUT2D eigenvalue weighted by Gasteiger charge is -2.41. The number of amides is 1. The first-order chi connectivity index (χ1) is 8.81. The molecule has 1 fully saturated rings. The molecular formula is C13H17BrN2O3. The maximum absolute atomic E-state index is 11.9. The third-order valence-electron chi connectivity index (χ3n) is 2.65. The Morgan fingerprint density at radius 3 is 2.58 bits per heavy atom. The summed E-state index contributed by atoms with van der Waals surface area (Å²) in [7, 11) is 0. The number of hydrogen-bond donors (Lipinski definition) is 1. The average molecular weight is 329 g/mol. The van der Waals surface area contributed by atoms with Crippen LogP contribution in [0.2, 0.25) is 0 Å². The molecular weight excluding hydrogens is 312 g/mol. The lowest BCUT2D eigenvalue weighted by Crippen LogP contribution is -2.60. The Morgan fingerprint density at radius 2 is 2.16 bits per heavy atom. The molecule has 6 heteroatoms. The van der Waals surface area contributed by atoms with E-state index >= 15 is 0 Å². The van der Waals surface area contributed by atoms with Crippen molar-refractivity contribution in [2.45, 2.75) is 31.9 Å². The van der Waals surface area contributed by atoms with Gasteiger partial charge in [-0.15, -0.1) is 0 Å². The molecule has 0 bridgehead atoms. The number of ether oxygens (including phenoxy) is 2. The second-order valence-corrected chi connectivity index (χ2v) is 6.48. The van der Waals surface area contributed by atoms with Crippen molar-refractivity contribution in [1.29, 1.82) is 0 Å². The van der Waals surface area contributed by atoms with E-state index in [0.717, 1.165) is 10.2 Å². The minimum Gasteiger partial charge on any atom is -0.444 e. The maximum atomic E-state index is 11.9. The van der Waals surface area contributed by atoms with E-state index in [1.165, 1.54) is 0 Å². The van der Waals surface area contributed by atoms with Crippen LogP contribution < -0.4 is 5.32 Å². The highest BCUT2D eigenvalue weighted by Gasteiger charge is 2.44. The Bertz CT molecular complexity index is 464. The first-order valence-electron chi connectivity index (χ1n) is 6.02. The number of alkyl carbamates (subject to hydrolysis) is 1. The summed E-state index contributed by atoms with van der Waals surface area (Å²) in [5.74, 6) is 0. The summed E-state index contributed by atoms with van der Waals surface area (Å²) in [6.45, 7) is 6.29. The molecule has 0 saturated carbocycles. The minimum absolute atomic E-state index is 0.404. The highest BCUT2D eigenvalue weighted by Crippen LogP contribution is 2.29. The van der Waals surface area contributed by atoms with E-state index in [1.807, 2.05) is 32.9 Å². The number of nitrogens with one attached hydrogen (secondary N) is 1. The monoisotopic (exact) mass is 328 g/mol. The number of pyridine rings is 1. The molecule has 1 N–H and O–H groups in total. The molecule has 0 aliphatic carbocycles. The Balaban J connectivity index is 2.11. The van der Waals surface area contributed by atoms with Crippen molar-refractivity contribution in [3.8, 4) is 0 Å². The zero-order valence-corrected chi connectivity index (χ0v) is 12.8. The molecule has 1 aromatic rings. The predicted molar refractivity (Wildman–Crippen MR) is 73.8 cm³/mol.